The fourth-order valence-corrected chi connectivity index (χ4v) is 1.74. The van der Waals surface area contributed by atoms with Gasteiger partial charge >= 0.3 is 0 Å². The predicted molar refractivity (Wildman–Crippen MR) is 52.9 cm³/mol. The lowest BCUT2D eigenvalue weighted by atomic mass is 10.1. The quantitative estimate of drug-likeness (QED) is 0.758. The highest BCUT2D eigenvalue weighted by atomic mass is 16.5. The van der Waals surface area contributed by atoms with Crippen LogP contribution in [0.2, 0.25) is 0 Å². The van der Waals surface area contributed by atoms with E-state index < -0.39 is 0 Å². The van der Waals surface area contributed by atoms with Crippen LogP contribution >= 0.6 is 0 Å². The number of nitrogens with zero attached hydrogens (tertiary/aromatic N) is 1. The maximum atomic E-state index is 8.73. The molecule has 1 heterocycles. The van der Waals surface area contributed by atoms with Crippen molar-refractivity contribution in [2.24, 2.45) is 5.73 Å². The maximum Gasteiger partial charge on any atom is 0.123 e. The van der Waals surface area contributed by atoms with Crippen LogP contribution in [0.15, 0.2) is 18.2 Å². The molecule has 14 heavy (non-hydrogen) atoms. The molecular weight excluding hydrogens is 176 g/mol. The number of benzene rings is 1. The monoisotopic (exact) mass is 188 g/mol. The van der Waals surface area contributed by atoms with E-state index in [0.717, 1.165) is 24.2 Å². The van der Waals surface area contributed by atoms with Gasteiger partial charge in [-0.1, -0.05) is 0 Å². The van der Waals surface area contributed by atoms with Gasteiger partial charge in [0.15, 0.2) is 0 Å². The minimum Gasteiger partial charge on any atom is -0.490 e. The van der Waals surface area contributed by atoms with Crippen molar-refractivity contribution in [3.8, 4) is 11.8 Å². The largest absolute Gasteiger partial charge is 0.490 e. The molecule has 0 fully saturated rings. The van der Waals surface area contributed by atoms with E-state index in [-0.39, 0.29) is 6.10 Å². The summed E-state index contributed by atoms with van der Waals surface area (Å²) in [4.78, 5) is 0. The van der Waals surface area contributed by atoms with Crippen molar-refractivity contribution < 1.29 is 4.74 Å². The van der Waals surface area contributed by atoms with Crippen molar-refractivity contribution in [3.63, 3.8) is 0 Å². The molecule has 0 radical (unpaired) electrons. The van der Waals surface area contributed by atoms with Crippen molar-refractivity contribution in [2.75, 3.05) is 6.54 Å². The molecule has 0 bridgehead atoms. The number of nitriles is 1. The smallest absolute Gasteiger partial charge is 0.123 e. The lowest BCUT2D eigenvalue weighted by molar-refractivity contribution is 0.224. The lowest BCUT2D eigenvalue weighted by Crippen LogP contribution is -2.17. The van der Waals surface area contributed by atoms with Gasteiger partial charge in [0.2, 0.25) is 0 Å². The van der Waals surface area contributed by atoms with Crippen LogP contribution in [0.1, 0.15) is 17.5 Å². The topological polar surface area (TPSA) is 59.0 Å². The third-order valence-electron chi connectivity index (χ3n) is 2.42. The number of nitrogens with two attached hydrogens (primary N) is 1. The van der Waals surface area contributed by atoms with Crippen molar-refractivity contribution in [3.05, 3.63) is 29.3 Å². The lowest BCUT2D eigenvalue weighted by Gasteiger charge is -2.07. The van der Waals surface area contributed by atoms with Crippen LogP contribution in [0, 0.1) is 11.3 Å². The van der Waals surface area contributed by atoms with Gasteiger partial charge in [0.1, 0.15) is 11.9 Å². The van der Waals surface area contributed by atoms with Crippen molar-refractivity contribution in [1.82, 2.24) is 0 Å². The molecule has 0 aliphatic carbocycles. The van der Waals surface area contributed by atoms with Crippen molar-refractivity contribution >= 4 is 0 Å². The second-order valence-corrected chi connectivity index (χ2v) is 3.46. The predicted octanol–water partition coefficient (Wildman–Crippen LogP) is 1.21. The van der Waals surface area contributed by atoms with Gasteiger partial charge in [-0.2, -0.15) is 5.26 Å². The highest BCUT2D eigenvalue weighted by molar-refractivity contribution is 5.44. The Morgan fingerprint density at radius 2 is 2.43 bits per heavy atom. The third-order valence-corrected chi connectivity index (χ3v) is 2.42. The van der Waals surface area contributed by atoms with Gasteiger partial charge in [0.05, 0.1) is 11.6 Å². The fourth-order valence-electron chi connectivity index (χ4n) is 1.74. The van der Waals surface area contributed by atoms with E-state index in [2.05, 4.69) is 6.07 Å². The molecule has 2 rings (SSSR count). The fraction of sp³-hybridized carbons (Fsp3) is 0.364. The van der Waals surface area contributed by atoms with Crippen LogP contribution in [-0.2, 0) is 6.42 Å². The Hall–Kier alpha value is -1.53. The summed E-state index contributed by atoms with van der Waals surface area (Å²) in [6, 6.07) is 7.66. The molecule has 0 aromatic heterocycles. The Morgan fingerprint density at radius 1 is 1.57 bits per heavy atom. The van der Waals surface area contributed by atoms with E-state index in [0.29, 0.717) is 12.1 Å². The van der Waals surface area contributed by atoms with Crippen LogP contribution in [-0.4, -0.2) is 12.6 Å². The van der Waals surface area contributed by atoms with Gasteiger partial charge in [0.25, 0.3) is 0 Å². The Bertz CT molecular complexity index is 381. The standard InChI is InChI=1S/C11H12N2O/c12-4-3-10-6-9-5-8(7-13)1-2-11(9)14-10/h1-2,5,10H,3-4,6,12H2. The van der Waals surface area contributed by atoms with Crippen molar-refractivity contribution in [1.29, 1.82) is 5.26 Å². The van der Waals surface area contributed by atoms with Crippen LogP contribution in [0.4, 0.5) is 0 Å². The molecule has 2 N–H and O–H groups in total. The van der Waals surface area contributed by atoms with Gasteiger partial charge < -0.3 is 10.5 Å². The minimum absolute atomic E-state index is 0.198. The summed E-state index contributed by atoms with van der Waals surface area (Å²) in [5.74, 6) is 0.905. The summed E-state index contributed by atoms with van der Waals surface area (Å²) in [5.41, 5.74) is 7.29. The zero-order valence-corrected chi connectivity index (χ0v) is 7.86. The molecule has 1 aliphatic rings. The molecule has 3 heteroatoms. The van der Waals surface area contributed by atoms with Gasteiger partial charge in [-0.15, -0.1) is 0 Å². The molecule has 0 saturated carbocycles. The van der Waals surface area contributed by atoms with Crippen LogP contribution in [0.5, 0.6) is 5.75 Å². The minimum atomic E-state index is 0.198. The molecule has 0 amide bonds. The van der Waals surface area contributed by atoms with Gasteiger partial charge in [-0.25, -0.2) is 0 Å². The van der Waals surface area contributed by atoms with Crippen LogP contribution in [0.3, 0.4) is 0 Å². The first-order valence-corrected chi connectivity index (χ1v) is 4.73. The molecule has 1 atom stereocenters. The molecule has 0 saturated heterocycles. The summed E-state index contributed by atoms with van der Waals surface area (Å²) >= 11 is 0. The SMILES string of the molecule is N#Cc1ccc2c(c1)CC(CCN)O2. The Labute approximate surface area is 83.1 Å². The summed E-state index contributed by atoms with van der Waals surface area (Å²) < 4.78 is 5.66. The van der Waals surface area contributed by atoms with Gasteiger partial charge in [0, 0.05) is 6.42 Å². The number of ether oxygens (including phenoxy) is 1. The molecule has 3 nitrogen and oxygen atoms in total. The maximum absolute atomic E-state index is 8.73. The first kappa shape index (κ1) is 9.04. The van der Waals surface area contributed by atoms with E-state index in [9.17, 15) is 0 Å². The van der Waals surface area contributed by atoms with Gasteiger partial charge in [-0.3, -0.25) is 0 Å². The molecule has 72 valence electrons. The molecule has 1 aliphatic heterocycles. The number of rotatable bonds is 2. The zero-order chi connectivity index (χ0) is 9.97. The normalized spacial score (nSPS) is 18.4. The highest BCUT2D eigenvalue weighted by Crippen LogP contribution is 2.30. The van der Waals surface area contributed by atoms with E-state index in [1.54, 1.807) is 6.07 Å². The Morgan fingerprint density at radius 3 is 3.14 bits per heavy atom. The summed E-state index contributed by atoms with van der Waals surface area (Å²) in [6.07, 6.45) is 1.95. The first-order valence-electron chi connectivity index (χ1n) is 4.73. The number of hydrogen-bond acceptors (Lipinski definition) is 3. The summed E-state index contributed by atoms with van der Waals surface area (Å²) in [6.45, 7) is 0.643. The second-order valence-electron chi connectivity index (χ2n) is 3.46. The molecule has 1 aromatic rings. The average molecular weight is 188 g/mol. The molecule has 1 unspecified atom stereocenters. The molecule has 1 aromatic carbocycles. The summed E-state index contributed by atoms with van der Waals surface area (Å²) in [7, 11) is 0. The van der Waals surface area contributed by atoms with E-state index in [4.69, 9.17) is 15.7 Å². The zero-order valence-electron chi connectivity index (χ0n) is 7.86. The molecule has 0 spiro atoms. The van der Waals surface area contributed by atoms with E-state index >= 15 is 0 Å². The van der Waals surface area contributed by atoms with Gasteiger partial charge in [-0.05, 0) is 36.7 Å². The van der Waals surface area contributed by atoms with Crippen LogP contribution in [0.25, 0.3) is 0 Å². The molecular formula is C11H12N2O. The third kappa shape index (κ3) is 1.57. The average Bonchev–Trinajstić information content (AvgIpc) is 2.59. The van der Waals surface area contributed by atoms with E-state index in [1.807, 2.05) is 12.1 Å². The number of hydrogen-bond donors (Lipinski definition) is 1. The van der Waals surface area contributed by atoms with Crippen molar-refractivity contribution in [2.45, 2.75) is 18.9 Å². The second kappa shape index (κ2) is 3.69. The Kier molecular flexibility index (Phi) is 2.38. The highest BCUT2D eigenvalue weighted by Gasteiger charge is 2.21. The first-order chi connectivity index (χ1) is 6.83. The summed E-state index contributed by atoms with van der Waals surface area (Å²) in [5, 5.41) is 8.73. The van der Waals surface area contributed by atoms with Crippen LogP contribution < -0.4 is 10.5 Å². The van der Waals surface area contributed by atoms with E-state index in [1.165, 1.54) is 0 Å². The number of fused-ring (bicyclic) bond motifs is 1. The Balaban J connectivity index is 2.19.